The van der Waals surface area contributed by atoms with Gasteiger partial charge in [-0.25, -0.2) is 14.8 Å². The molecule has 2 aromatic carbocycles. The van der Waals surface area contributed by atoms with Gasteiger partial charge in [-0.2, -0.15) is 0 Å². The molecule has 1 heterocycles. The molecule has 0 aliphatic carbocycles. The number of aromatic nitrogens is 2. The molecule has 0 aliphatic heterocycles. The molecule has 3 aromatic rings. The summed E-state index contributed by atoms with van der Waals surface area (Å²) in [6.45, 7) is 2.31. The van der Waals surface area contributed by atoms with Crippen LogP contribution in [0.2, 0.25) is 10.0 Å². The average molecular weight is 473 g/mol. The van der Waals surface area contributed by atoms with Crippen LogP contribution in [0.3, 0.4) is 0 Å². The number of anilines is 3. The van der Waals surface area contributed by atoms with E-state index in [0.29, 0.717) is 56.2 Å². The van der Waals surface area contributed by atoms with Gasteiger partial charge in [0.2, 0.25) is 0 Å². The lowest BCUT2D eigenvalue weighted by Gasteiger charge is -2.14. The van der Waals surface area contributed by atoms with Gasteiger partial charge in [0.05, 0.1) is 41.2 Å². The molecule has 30 heavy (non-hydrogen) atoms. The summed E-state index contributed by atoms with van der Waals surface area (Å²) in [5, 5.41) is 9.82. The second kappa shape index (κ2) is 10.4. The molecule has 160 valence electrons. The molecular formula is C19H20Cl3N5O3. The van der Waals surface area contributed by atoms with Crippen molar-refractivity contribution in [2.24, 2.45) is 0 Å². The molecular weight excluding hydrogens is 453 g/mol. The van der Waals surface area contributed by atoms with E-state index in [1.54, 1.807) is 38.5 Å². The van der Waals surface area contributed by atoms with E-state index in [1.165, 1.54) is 6.33 Å². The largest absolute Gasteiger partial charge is 0.493 e. The van der Waals surface area contributed by atoms with Crippen LogP contribution in [0, 0.1) is 0 Å². The molecule has 0 saturated carbocycles. The van der Waals surface area contributed by atoms with E-state index < -0.39 is 0 Å². The van der Waals surface area contributed by atoms with Crippen LogP contribution in [0.1, 0.15) is 6.92 Å². The second-order valence-corrected chi connectivity index (χ2v) is 6.68. The van der Waals surface area contributed by atoms with Gasteiger partial charge in [-0.15, -0.1) is 12.4 Å². The minimum Gasteiger partial charge on any atom is -0.493 e. The number of carbonyl (C=O) groups excluding carboxylic acids is 1. The number of urea groups is 1. The summed E-state index contributed by atoms with van der Waals surface area (Å²) in [5.41, 5.74) is 1.58. The Morgan fingerprint density at radius 1 is 1.00 bits per heavy atom. The first-order valence-corrected chi connectivity index (χ1v) is 9.40. The molecule has 0 saturated heterocycles. The molecule has 0 radical (unpaired) electrons. The minimum atomic E-state index is -0.367. The van der Waals surface area contributed by atoms with Gasteiger partial charge in [0.25, 0.3) is 0 Å². The molecule has 8 nitrogen and oxygen atoms in total. The topological polar surface area (TPSA) is 97.4 Å². The number of rotatable bonds is 6. The maximum atomic E-state index is 11.7. The van der Waals surface area contributed by atoms with Crippen molar-refractivity contribution in [2.75, 3.05) is 31.4 Å². The number of methoxy groups -OCH3 is 2. The Hall–Kier alpha value is -2.68. The van der Waals surface area contributed by atoms with Crippen molar-refractivity contribution in [1.29, 1.82) is 0 Å². The lowest BCUT2D eigenvalue weighted by Crippen LogP contribution is -2.28. The highest BCUT2D eigenvalue weighted by molar-refractivity contribution is 6.37. The van der Waals surface area contributed by atoms with Crippen LogP contribution >= 0.6 is 35.6 Å². The van der Waals surface area contributed by atoms with Crippen LogP contribution in [-0.2, 0) is 0 Å². The normalized spacial score (nSPS) is 10.2. The lowest BCUT2D eigenvalue weighted by molar-refractivity contribution is 0.252. The number of nitrogens with zero attached hydrogens (tertiary/aromatic N) is 2. The SMILES string of the molecule is CCNC(=O)Nc1cc(Cl)c(Nc2ncnc3cc(OC)c(OC)cc23)cc1Cl.Cl. The third kappa shape index (κ3) is 5.08. The van der Waals surface area contributed by atoms with Crippen molar-refractivity contribution in [1.82, 2.24) is 15.3 Å². The summed E-state index contributed by atoms with van der Waals surface area (Å²) in [7, 11) is 3.11. The van der Waals surface area contributed by atoms with Gasteiger partial charge >= 0.3 is 6.03 Å². The molecule has 0 aliphatic rings. The second-order valence-electron chi connectivity index (χ2n) is 5.87. The third-order valence-electron chi connectivity index (χ3n) is 4.04. The van der Waals surface area contributed by atoms with Crippen LogP contribution < -0.4 is 25.4 Å². The molecule has 0 unspecified atom stereocenters. The number of hydrogen-bond donors (Lipinski definition) is 3. The van der Waals surface area contributed by atoms with Gasteiger partial charge in [0.15, 0.2) is 11.5 Å². The molecule has 1 aromatic heterocycles. The van der Waals surface area contributed by atoms with Gasteiger partial charge in [0.1, 0.15) is 12.1 Å². The monoisotopic (exact) mass is 471 g/mol. The summed E-state index contributed by atoms with van der Waals surface area (Å²) >= 11 is 12.7. The summed E-state index contributed by atoms with van der Waals surface area (Å²) in [4.78, 5) is 20.3. The number of fused-ring (bicyclic) bond motifs is 1. The Bertz CT molecular complexity index is 1070. The van der Waals surface area contributed by atoms with E-state index in [-0.39, 0.29) is 18.4 Å². The fourth-order valence-corrected chi connectivity index (χ4v) is 3.10. The molecule has 11 heteroatoms. The summed E-state index contributed by atoms with van der Waals surface area (Å²) < 4.78 is 10.7. The minimum absolute atomic E-state index is 0. The first kappa shape index (κ1) is 23.6. The van der Waals surface area contributed by atoms with E-state index >= 15 is 0 Å². The van der Waals surface area contributed by atoms with Gasteiger partial charge in [-0.1, -0.05) is 23.2 Å². The van der Waals surface area contributed by atoms with Gasteiger partial charge in [-0.3, -0.25) is 0 Å². The quantitative estimate of drug-likeness (QED) is 0.453. The van der Waals surface area contributed by atoms with Crippen molar-refractivity contribution in [3.63, 3.8) is 0 Å². The first-order valence-electron chi connectivity index (χ1n) is 8.64. The van der Waals surface area contributed by atoms with Gasteiger partial charge in [-0.05, 0) is 25.1 Å². The van der Waals surface area contributed by atoms with Gasteiger partial charge in [0, 0.05) is 18.0 Å². The molecule has 0 bridgehead atoms. The van der Waals surface area contributed by atoms with Crippen LogP contribution in [-0.4, -0.2) is 36.8 Å². The van der Waals surface area contributed by atoms with Crippen molar-refractivity contribution < 1.29 is 14.3 Å². The molecule has 3 N–H and O–H groups in total. The zero-order valence-corrected chi connectivity index (χ0v) is 18.7. The third-order valence-corrected chi connectivity index (χ3v) is 4.66. The van der Waals surface area contributed by atoms with E-state index in [4.69, 9.17) is 32.7 Å². The van der Waals surface area contributed by atoms with E-state index in [9.17, 15) is 4.79 Å². The summed E-state index contributed by atoms with van der Waals surface area (Å²) in [6.07, 6.45) is 1.43. The van der Waals surface area contributed by atoms with Crippen molar-refractivity contribution >= 4 is 69.7 Å². The fraction of sp³-hybridized carbons (Fsp3) is 0.211. The van der Waals surface area contributed by atoms with Crippen molar-refractivity contribution in [3.05, 3.63) is 40.6 Å². The van der Waals surface area contributed by atoms with Crippen LogP contribution in [0.25, 0.3) is 10.9 Å². The standard InChI is InChI=1S/C19H19Cl2N5O3.ClH/c1-4-22-19(27)26-15-7-11(20)14(6-12(15)21)25-18-10-5-16(28-2)17(29-3)8-13(10)23-9-24-18;/h5-9H,4H2,1-3H3,(H2,22,26,27)(H,23,24,25);1H. The summed E-state index contributed by atoms with van der Waals surface area (Å²) in [6, 6.07) is 6.34. The number of ether oxygens (including phenoxy) is 2. The number of hydrogen-bond acceptors (Lipinski definition) is 6. The molecule has 0 fully saturated rings. The van der Waals surface area contributed by atoms with Crippen LogP contribution in [0.15, 0.2) is 30.6 Å². The zero-order chi connectivity index (χ0) is 21.0. The maximum absolute atomic E-state index is 11.7. The Labute approximate surface area is 189 Å². The highest BCUT2D eigenvalue weighted by Gasteiger charge is 2.14. The molecule has 0 atom stereocenters. The van der Waals surface area contributed by atoms with E-state index in [0.717, 1.165) is 0 Å². The maximum Gasteiger partial charge on any atom is 0.319 e. The van der Waals surface area contributed by atoms with E-state index in [2.05, 4.69) is 25.9 Å². The lowest BCUT2D eigenvalue weighted by atomic mass is 10.2. The first-order chi connectivity index (χ1) is 14.0. The smallest absolute Gasteiger partial charge is 0.319 e. The Morgan fingerprint density at radius 3 is 2.30 bits per heavy atom. The highest BCUT2D eigenvalue weighted by Crippen LogP contribution is 2.37. The predicted octanol–water partition coefficient (Wildman–Crippen LogP) is 5.26. The fourth-order valence-electron chi connectivity index (χ4n) is 2.68. The zero-order valence-electron chi connectivity index (χ0n) is 16.4. The molecule has 0 spiro atoms. The predicted molar refractivity (Wildman–Crippen MR) is 122 cm³/mol. The van der Waals surface area contributed by atoms with Crippen LogP contribution in [0.4, 0.5) is 22.0 Å². The highest BCUT2D eigenvalue weighted by atomic mass is 35.5. The Kier molecular flexibility index (Phi) is 8.16. The number of amides is 2. The molecule has 3 rings (SSSR count). The number of carbonyl (C=O) groups is 1. The number of nitrogens with one attached hydrogen (secondary N) is 3. The van der Waals surface area contributed by atoms with E-state index in [1.807, 2.05) is 6.92 Å². The summed E-state index contributed by atoms with van der Waals surface area (Å²) in [5.74, 6) is 1.62. The number of halogens is 3. The Morgan fingerprint density at radius 2 is 1.63 bits per heavy atom. The molecule has 2 amide bonds. The average Bonchev–Trinajstić information content (AvgIpc) is 2.71. The van der Waals surface area contributed by atoms with Crippen molar-refractivity contribution in [3.8, 4) is 11.5 Å². The van der Waals surface area contributed by atoms with Crippen LogP contribution in [0.5, 0.6) is 11.5 Å². The van der Waals surface area contributed by atoms with Crippen molar-refractivity contribution in [2.45, 2.75) is 6.92 Å². The van der Waals surface area contributed by atoms with Gasteiger partial charge < -0.3 is 25.4 Å². The Balaban J connectivity index is 0.00000320. The number of benzene rings is 2.